The van der Waals surface area contributed by atoms with E-state index in [4.69, 9.17) is 5.11 Å². The number of hydrogen-bond acceptors (Lipinski definition) is 5. The van der Waals surface area contributed by atoms with Crippen LogP contribution in [0.25, 0.3) is 0 Å². The summed E-state index contributed by atoms with van der Waals surface area (Å²) in [6.45, 7) is -1.30. The number of hydrogen-bond donors (Lipinski definition) is 3. The fraction of sp³-hybridized carbons (Fsp3) is 0.300. The van der Waals surface area contributed by atoms with E-state index in [0.717, 1.165) is 12.8 Å². The van der Waals surface area contributed by atoms with Gasteiger partial charge in [-0.1, -0.05) is 49.6 Å². The van der Waals surface area contributed by atoms with Crippen LogP contribution < -0.4 is 15.5 Å². The minimum absolute atomic E-state index is 0.0318. The van der Waals surface area contributed by atoms with E-state index in [9.17, 15) is 33.3 Å². The van der Waals surface area contributed by atoms with Crippen molar-refractivity contribution in [2.75, 3.05) is 16.8 Å². The molecule has 3 aromatic rings. The molecule has 0 saturated heterocycles. The van der Waals surface area contributed by atoms with E-state index in [1.165, 1.54) is 66.1 Å². The molecular formula is C30H30F2N4O6. The van der Waals surface area contributed by atoms with Gasteiger partial charge < -0.3 is 15.7 Å². The van der Waals surface area contributed by atoms with E-state index < -0.39 is 35.3 Å². The number of benzene rings is 3. The predicted molar refractivity (Wildman–Crippen MR) is 152 cm³/mol. The van der Waals surface area contributed by atoms with E-state index in [1.807, 2.05) is 29.6 Å². The van der Waals surface area contributed by atoms with Gasteiger partial charge in [0.15, 0.2) is 0 Å². The Morgan fingerprint density at radius 2 is 1.64 bits per heavy atom. The van der Waals surface area contributed by atoms with Gasteiger partial charge in [0, 0.05) is 29.1 Å². The topological polar surface area (TPSA) is 142 Å². The van der Waals surface area contributed by atoms with Crippen molar-refractivity contribution in [2.45, 2.75) is 50.5 Å². The molecule has 0 aromatic heterocycles. The first-order chi connectivity index (χ1) is 20.0. The van der Waals surface area contributed by atoms with Crippen LogP contribution >= 0.6 is 0 Å². The van der Waals surface area contributed by atoms with Crippen LogP contribution in [0.1, 0.15) is 59.5 Å². The molecule has 0 bridgehead atoms. The molecule has 0 spiro atoms. The second kappa shape index (κ2) is 13.2. The Balaban J connectivity index is 1.53. The lowest BCUT2D eigenvalue weighted by Gasteiger charge is -2.25. The van der Waals surface area contributed by atoms with Crippen LogP contribution in [0.4, 0.5) is 30.6 Å². The first-order valence-electron chi connectivity index (χ1n) is 13.4. The number of anilines is 2. The van der Waals surface area contributed by atoms with Gasteiger partial charge in [-0.15, -0.1) is 0 Å². The summed E-state index contributed by atoms with van der Waals surface area (Å²) in [5.41, 5.74) is 2.48. The van der Waals surface area contributed by atoms with Crippen LogP contribution in [-0.2, 0) is 11.3 Å². The number of alkyl halides is 2. The quantitative estimate of drug-likeness (QED) is 0.189. The third-order valence-electron chi connectivity index (χ3n) is 7.18. The number of carbonyl (C=O) groups excluding carboxylic acids is 2. The summed E-state index contributed by atoms with van der Waals surface area (Å²) in [6, 6.07) is 18.6. The van der Waals surface area contributed by atoms with Crippen LogP contribution in [0.15, 0.2) is 72.8 Å². The number of halogens is 2. The summed E-state index contributed by atoms with van der Waals surface area (Å²) in [5.74, 6) is -6.85. The van der Waals surface area contributed by atoms with Gasteiger partial charge >= 0.3 is 17.9 Å². The van der Waals surface area contributed by atoms with Crippen molar-refractivity contribution in [1.82, 2.24) is 5.32 Å². The highest BCUT2D eigenvalue weighted by molar-refractivity contribution is 6.02. The van der Waals surface area contributed by atoms with E-state index in [2.05, 4.69) is 5.32 Å². The SMILES string of the molecule is O=C(NCC(F)(F)C(=O)O)c1ccc(CN(C(=O)Nc2cccc([N+](=O)[O-])c2)c2ccc(C3CCCCC3)cc2)cc1. The zero-order valence-corrected chi connectivity index (χ0v) is 22.6. The molecule has 1 aliphatic carbocycles. The molecule has 1 saturated carbocycles. The number of carboxylic acids is 1. The normalized spacial score (nSPS) is 13.7. The molecule has 3 N–H and O–H groups in total. The highest BCUT2D eigenvalue weighted by Crippen LogP contribution is 2.33. The molecule has 4 rings (SSSR count). The Bertz CT molecular complexity index is 1440. The Morgan fingerprint density at radius 3 is 2.26 bits per heavy atom. The number of nitrogens with one attached hydrogen (secondary N) is 2. The van der Waals surface area contributed by atoms with Crippen LogP contribution in [-0.4, -0.2) is 40.4 Å². The standard InChI is InChI=1S/C30H30F2N4O6/c31-30(32,28(38)39)19-33-27(37)23-11-9-20(10-12-23)18-35(29(40)34-24-7-4-8-26(17-24)36(41)42)25-15-13-22(14-16-25)21-5-2-1-3-6-21/h4,7-17,21H,1-3,5-6,18-19H2,(H,33,37)(H,34,40)(H,38,39). The maximum atomic E-state index is 13.5. The van der Waals surface area contributed by atoms with Crippen molar-refractivity contribution in [3.8, 4) is 0 Å². The summed E-state index contributed by atoms with van der Waals surface area (Å²) in [5, 5.41) is 24.3. The van der Waals surface area contributed by atoms with Gasteiger partial charge in [-0.2, -0.15) is 8.78 Å². The second-order valence-electron chi connectivity index (χ2n) is 10.1. The number of aliphatic carboxylic acids is 1. The lowest BCUT2D eigenvalue weighted by atomic mass is 9.84. The summed E-state index contributed by atoms with van der Waals surface area (Å²) < 4.78 is 26.6. The maximum absolute atomic E-state index is 13.5. The minimum atomic E-state index is -4.10. The number of urea groups is 1. The first-order valence-corrected chi connectivity index (χ1v) is 13.4. The number of non-ortho nitro benzene ring substituents is 1. The Kier molecular flexibility index (Phi) is 9.46. The van der Waals surface area contributed by atoms with E-state index in [1.54, 1.807) is 12.1 Å². The second-order valence-corrected chi connectivity index (χ2v) is 10.1. The van der Waals surface area contributed by atoms with Gasteiger partial charge in [-0.3, -0.25) is 19.8 Å². The molecule has 0 radical (unpaired) electrons. The van der Waals surface area contributed by atoms with Crippen LogP contribution in [0.3, 0.4) is 0 Å². The lowest BCUT2D eigenvalue weighted by Crippen LogP contribution is -2.42. The Labute approximate surface area is 240 Å². The zero-order chi connectivity index (χ0) is 30.3. The number of nitro groups is 1. The van der Waals surface area contributed by atoms with Crippen LogP contribution in [0.2, 0.25) is 0 Å². The Morgan fingerprint density at radius 1 is 0.976 bits per heavy atom. The molecule has 12 heteroatoms. The monoisotopic (exact) mass is 580 g/mol. The minimum Gasteiger partial charge on any atom is -0.477 e. The van der Waals surface area contributed by atoms with Gasteiger partial charge in [-0.05, 0) is 60.2 Å². The van der Waals surface area contributed by atoms with Crippen molar-refractivity contribution in [3.05, 3.63) is 99.6 Å². The summed E-state index contributed by atoms with van der Waals surface area (Å²) >= 11 is 0. The molecule has 1 fully saturated rings. The first kappa shape index (κ1) is 30.1. The molecule has 3 aromatic carbocycles. The van der Waals surface area contributed by atoms with Gasteiger partial charge in [0.1, 0.15) is 0 Å². The van der Waals surface area contributed by atoms with E-state index >= 15 is 0 Å². The molecule has 1 aliphatic rings. The number of nitro benzene ring substituents is 1. The third kappa shape index (κ3) is 7.65. The average Bonchev–Trinajstić information content (AvgIpc) is 2.99. The van der Waals surface area contributed by atoms with Gasteiger partial charge in [0.2, 0.25) is 0 Å². The lowest BCUT2D eigenvalue weighted by molar-refractivity contribution is -0.384. The van der Waals surface area contributed by atoms with Crippen molar-refractivity contribution >= 4 is 35.0 Å². The Hall–Kier alpha value is -4.87. The fourth-order valence-electron chi connectivity index (χ4n) is 4.84. The molecule has 10 nitrogen and oxygen atoms in total. The number of carbonyl (C=O) groups is 3. The highest BCUT2D eigenvalue weighted by Gasteiger charge is 2.39. The van der Waals surface area contributed by atoms with Crippen molar-refractivity contribution in [2.24, 2.45) is 0 Å². The molecule has 220 valence electrons. The van der Waals surface area contributed by atoms with Crippen molar-refractivity contribution < 1.29 is 33.2 Å². The van der Waals surface area contributed by atoms with Gasteiger partial charge in [0.05, 0.1) is 18.0 Å². The molecule has 0 heterocycles. The van der Waals surface area contributed by atoms with Crippen molar-refractivity contribution in [3.63, 3.8) is 0 Å². The van der Waals surface area contributed by atoms with Gasteiger partial charge in [0.25, 0.3) is 11.6 Å². The van der Waals surface area contributed by atoms with E-state index in [-0.39, 0.29) is 23.5 Å². The number of rotatable bonds is 10. The molecule has 3 amide bonds. The smallest absolute Gasteiger partial charge is 0.376 e. The fourth-order valence-corrected chi connectivity index (χ4v) is 4.84. The molecule has 0 unspecified atom stereocenters. The number of amides is 3. The molecular weight excluding hydrogens is 550 g/mol. The zero-order valence-electron chi connectivity index (χ0n) is 22.6. The molecule has 0 aliphatic heterocycles. The number of carboxylic acid groups (broad SMARTS) is 1. The summed E-state index contributed by atoms with van der Waals surface area (Å²) in [7, 11) is 0. The molecule has 42 heavy (non-hydrogen) atoms. The van der Waals surface area contributed by atoms with Crippen LogP contribution in [0, 0.1) is 10.1 Å². The summed E-state index contributed by atoms with van der Waals surface area (Å²) in [4.78, 5) is 48.4. The predicted octanol–water partition coefficient (Wildman–Crippen LogP) is 6.33. The average molecular weight is 581 g/mol. The third-order valence-corrected chi connectivity index (χ3v) is 7.18. The van der Waals surface area contributed by atoms with Crippen molar-refractivity contribution in [1.29, 1.82) is 0 Å². The highest BCUT2D eigenvalue weighted by atomic mass is 19.3. The summed E-state index contributed by atoms with van der Waals surface area (Å²) in [6.07, 6.45) is 5.82. The van der Waals surface area contributed by atoms with Crippen LogP contribution in [0.5, 0.6) is 0 Å². The van der Waals surface area contributed by atoms with E-state index in [0.29, 0.717) is 17.2 Å². The largest absolute Gasteiger partial charge is 0.477 e. The van der Waals surface area contributed by atoms with Gasteiger partial charge in [-0.25, -0.2) is 9.59 Å². The number of nitrogens with zero attached hydrogens (tertiary/aromatic N) is 2. The molecule has 0 atom stereocenters. The maximum Gasteiger partial charge on any atom is 0.376 e.